The maximum atomic E-state index is 13.5. The van der Waals surface area contributed by atoms with E-state index in [1.54, 1.807) is 24.3 Å². The maximum absolute atomic E-state index is 13.5. The van der Waals surface area contributed by atoms with E-state index >= 15 is 0 Å². The average molecular weight is 431 g/mol. The standard InChI is InChI=1S/C23H15ClN4O3/c1-2-11-28-15-6-4-3-5-14(15)16(22(28)30)17-18-20(26-23(31)27-21(18)29)25-19(17)12-7-9-13(24)10-8-12/h1,3-10,16H,11H2,(H3,25,26,27,29,31)/t16-/m1/s1. The van der Waals surface area contributed by atoms with Crippen LogP contribution in [0.4, 0.5) is 5.69 Å². The second kappa shape index (κ2) is 7.04. The molecule has 1 aliphatic rings. The molecule has 0 saturated carbocycles. The molecule has 31 heavy (non-hydrogen) atoms. The lowest BCUT2D eigenvalue weighted by atomic mass is 9.89. The van der Waals surface area contributed by atoms with Crippen molar-refractivity contribution >= 4 is 34.2 Å². The van der Waals surface area contributed by atoms with Crippen LogP contribution in [-0.4, -0.2) is 27.4 Å². The van der Waals surface area contributed by atoms with Crippen molar-refractivity contribution in [1.82, 2.24) is 15.0 Å². The third-order valence-electron chi connectivity index (χ3n) is 5.45. The molecule has 0 unspecified atom stereocenters. The molecule has 2 aromatic carbocycles. The molecule has 0 saturated heterocycles. The van der Waals surface area contributed by atoms with Crippen LogP contribution >= 0.6 is 11.6 Å². The normalized spacial score (nSPS) is 15.3. The predicted octanol–water partition coefficient (Wildman–Crippen LogP) is 2.98. The van der Waals surface area contributed by atoms with E-state index in [0.29, 0.717) is 22.0 Å². The van der Waals surface area contributed by atoms with Gasteiger partial charge in [0, 0.05) is 16.3 Å². The average Bonchev–Trinajstić information content (AvgIpc) is 3.24. The van der Waals surface area contributed by atoms with Crippen LogP contribution in [0.2, 0.25) is 5.02 Å². The van der Waals surface area contributed by atoms with E-state index in [9.17, 15) is 14.4 Å². The largest absolute Gasteiger partial charge is 0.340 e. The molecular formula is C23H15ClN4O3. The molecule has 1 atom stereocenters. The van der Waals surface area contributed by atoms with Crippen LogP contribution in [0.3, 0.4) is 0 Å². The molecule has 3 N–H and O–H groups in total. The fraction of sp³-hybridized carbons (Fsp3) is 0.0870. The van der Waals surface area contributed by atoms with E-state index in [0.717, 1.165) is 11.1 Å². The Morgan fingerprint density at radius 2 is 1.74 bits per heavy atom. The lowest BCUT2D eigenvalue weighted by Crippen LogP contribution is -2.30. The van der Waals surface area contributed by atoms with Crippen molar-refractivity contribution in [3.05, 3.63) is 85.5 Å². The van der Waals surface area contributed by atoms with E-state index in [4.69, 9.17) is 18.0 Å². The Hall–Kier alpha value is -4.02. The Labute approximate surface area is 180 Å². The zero-order chi connectivity index (χ0) is 21.7. The number of terminal acetylenes is 1. The van der Waals surface area contributed by atoms with E-state index in [-0.39, 0.29) is 23.5 Å². The lowest BCUT2D eigenvalue weighted by Gasteiger charge is -2.15. The first kappa shape index (κ1) is 19.0. The number of anilines is 1. The molecule has 7 nitrogen and oxygen atoms in total. The smallest absolute Gasteiger partial charge is 0.327 e. The van der Waals surface area contributed by atoms with Gasteiger partial charge in [-0.2, -0.15) is 0 Å². The number of fused-ring (bicyclic) bond motifs is 2. The monoisotopic (exact) mass is 430 g/mol. The van der Waals surface area contributed by atoms with Crippen LogP contribution in [0.5, 0.6) is 0 Å². The number of aromatic amines is 3. The zero-order valence-corrected chi connectivity index (χ0v) is 16.8. The number of aromatic nitrogens is 3. The van der Waals surface area contributed by atoms with Crippen LogP contribution in [-0.2, 0) is 4.79 Å². The van der Waals surface area contributed by atoms with Crippen LogP contribution in [0.15, 0.2) is 58.1 Å². The van der Waals surface area contributed by atoms with Gasteiger partial charge in [0.25, 0.3) is 5.56 Å². The molecule has 3 heterocycles. The van der Waals surface area contributed by atoms with Gasteiger partial charge in [-0.3, -0.25) is 24.5 Å². The molecule has 4 aromatic rings. The molecule has 0 aliphatic carbocycles. The molecule has 0 fully saturated rings. The summed E-state index contributed by atoms with van der Waals surface area (Å²) in [6.45, 7) is 0.109. The minimum absolute atomic E-state index is 0.109. The Bertz CT molecular complexity index is 1510. The minimum atomic E-state index is -0.768. The first-order chi connectivity index (χ1) is 15.0. The third-order valence-corrected chi connectivity index (χ3v) is 5.71. The number of amides is 1. The Balaban J connectivity index is 1.86. The van der Waals surface area contributed by atoms with Gasteiger partial charge >= 0.3 is 5.69 Å². The lowest BCUT2D eigenvalue weighted by molar-refractivity contribution is -0.118. The summed E-state index contributed by atoms with van der Waals surface area (Å²) in [5.74, 6) is 1.52. The van der Waals surface area contributed by atoms with Gasteiger partial charge in [0.1, 0.15) is 5.65 Å². The first-order valence-electron chi connectivity index (χ1n) is 9.47. The number of H-pyrrole nitrogens is 3. The van der Waals surface area contributed by atoms with Crippen LogP contribution in [0, 0.1) is 12.3 Å². The number of carbonyl (C=O) groups excluding carboxylic acids is 1. The second-order valence-electron chi connectivity index (χ2n) is 7.20. The van der Waals surface area contributed by atoms with Gasteiger partial charge in [0.05, 0.1) is 23.5 Å². The van der Waals surface area contributed by atoms with Gasteiger partial charge in [0.15, 0.2) is 0 Å². The number of hydrogen-bond donors (Lipinski definition) is 3. The molecular weight excluding hydrogens is 416 g/mol. The van der Waals surface area contributed by atoms with Crippen LogP contribution in [0.25, 0.3) is 22.3 Å². The molecule has 8 heteroatoms. The summed E-state index contributed by atoms with van der Waals surface area (Å²) >= 11 is 6.04. The molecule has 5 rings (SSSR count). The van der Waals surface area contributed by atoms with E-state index in [2.05, 4.69) is 20.9 Å². The molecule has 0 bridgehead atoms. The summed E-state index contributed by atoms with van der Waals surface area (Å²) in [5, 5.41) is 0.774. The van der Waals surface area contributed by atoms with Gasteiger partial charge in [-0.25, -0.2) is 4.79 Å². The first-order valence-corrected chi connectivity index (χ1v) is 9.85. The van der Waals surface area contributed by atoms with Crippen molar-refractivity contribution in [2.45, 2.75) is 5.92 Å². The number of nitrogens with zero attached hydrogens (tertiary/aromatic N) is 1. The Morgan fingerprint density at radius 3 is 2.48 bits per heavy atom. The summed E-state index contributed by atoms with van der Waals surface area (Å²) in [6.07, 6.45) is 5.50. The van der Waals surface area contributed by atoms with Crippen molar-refractivity contribution in [1.29, 1.82) is 0 Å². The SMILES string of the molecule is C#CCN1C(=O)[C@@H](c2c(-c3ccc(Cl)cc3)[nH]c3[nH]c(=O)[nH]c(=O)c23)c2ccccc21. The van der Waals surface area contributed by atoms with Gasteiger partial charge < -0.3 is 4.98 Å². The number of rotatable bonds is 3. The van der Waals surface area contributed by atoms with E-state index in [1.807, 2.05) is 24.3 Å². The molecule has 1 aliphatic heterocycles. The number of halogens is 1. The van der Waals surface area contributed by atoms with Crippen LogP contribution < -0.4 is 16.1 Å². The van der Waals surface area contributed by atoms with Gasteiger partial charge in [-0.05, 0) is 29.3 Å². The highest BCUT2D eigenvalue weighted by Gasteiger charge is 2.41. The summed E-state index contributed by atoms with van der Waals surface area (Å²) in [7, 11) is 0. The highest BCUT2D eigenvalue weighted by atomic mass is 35.5. The van der Waals surface area contributed by atoms with Gasteiger partial charge in [-0.1, -0.05) is 47.9 Å². The molecule has 0 spiro atoms. The van der Waals surface area contributed by atoms with Crippen molar-refractivity contribution in [2.24, 2.45) is 0 Å². The van der Waals surface area contributed by atoms with E-state index in [1.165, 1.54) is 4.90 Å². The molecule has 2 aromatic heterocycles. The highest BCUT2D eigenvalue weighted by molar-refractivity contribution is 6.30. The number of carbonyl (C=O) groups is 1. The zero-order valence-electron chi connectivity index (χ0n) is 16.0. The van der Waals surface area contributed by atoms with Crippen molar-refractivity contribution in [3.63, 3.8) is 0 Å². The second-order valence-corrected chi connectivity index (χ2v) is 7.64. The van der Waals surface area contributed by atoms with Crippen molar-refractivity contribution in [2.75, 3.05) is 11.4 Å². The summed E-state index contributed by atoms with van der Waals surface area (Å²) in [5.41, 5.74) is 2.22. The van der Waals surface area contributed by atoms with Crippen molar-refractivity contribution in [3.8, 4) is 23.6 Å². The number of hydrogen-bond acceptors (Lipinski definition) is 3. The van der Waals surface area contributed by atoms with Gasteiger partial charge in [-0.15, -0.1) is 6.42 Å². The van der Waals surface area contributed by atoms with E-state index < -0.39 is 17.2 Å². The molecule has 152 valence electrons. The third kappa shape index (κ3) is 2.88. The highest BCUT2D eigenvalue weighted by Crippen LogP contribution is 2.45. The number of para-hydroxylation sites is 1. The fourth-order valence-electron chi connectivity index (χ4n) is 4.21. The number of nitrogens with one attached hydrogen (secondary N) is 3. The number of benzene rings is 2. The minimum Gasteiger partial charge on any atom is -0.340 e. The Morgan fingerprint density at radius 1 is 1.00 bits per heavy atom. The maximum Gasteiger partial charge on any atom is 0.327 e. The Kier molecular flexibility index (Phi) is 4.31. The fourth-order valence-corrected chi connectivity index (χ4v) is 4.33. The van der Waals surface area contributed by atoms with Gasteiger partial charge in [0.2, 0.25) is 5.91 Å². The van der Waals surface area contributed by atoms with Crippen molar-refractivity contribution < 1.29 is 4.79 Å². The molecule has 1 amide bonds. The molecule has 0 radical (unpaired) electrons. The summed E-state index contributed by atoms with van der Waals surface area (Å²) in [4.78, 5) is 47.8. The predicted molar refractivity (Wildman–Crippen MR) is 119 cm³/mol. The van der Waals surface area contributed by atoms with Crippen LogP contribution in [0.1, 0.15) is 17.0 Å². The quantitative estimate of drug-likeness (QED) is 0.435. The summed E-state index contributed by atoms with van der Waals surface area (Å²) in [6, 6.07) is 14.3. The summed E-state index contributed by atoms with van der Waals surface area (Å²) < 4.78 is 0. The topological polar surface area (TPSA) is 102 Å².